The molecule has 1 aromatic heterocycles. The summed E-state index contributed by atoms with van der Waals surface area (Å²) < 4.78 is 0. The molecule has 1 aliphatic carbocycles. The van der Waals surface area contributed by atoms with Crippen molar-refractivity contribution in [2.45, 2.75) is 51.5 Å². The van der Waals surface area contributed by atoms with Gasteiger partial charge >= 0.3 is 0 Å². The lowest BCUT2D eigenvalue weighted by molar-refractivity contribution is 0.513. The minimum atomic E-state index is 0.0244. The summed E-state index contributed by atoms with van der Waals surface area (Å²) in [6, 6.07) is 0.141. The summed E-state index contributed by atoms with van der Waals surface area (Å²) in [5.41, 5.74) is 8.36. The van der Waals surface area contributed by atoms with Crippen LogP contribution in [0.2, 0.25) is 0 Å². The van der Waals surface area contributed by atoms with Gasteiger partial charge in [0.15, 0.2) is 0 Å². The van der Waals surface area contributed by atoms with Crippen molar-refractivity contribution in [1.82, 2.24) is 9.97 Å². The lowest BCUT2D eigenvalue weighted by atomic mass is 9.91. The van der Waals surface area contributed by atoms with Gasteiger partial charge in [0.05, 0.1) is 0 Å². The van der Waals surface area contributed by atoms with Gasteiger partial charge in [0.1, 0.15) is 5.82 Å². The average Bonchev–Trinajstić information content (AvgIpc) is 2.16. The minimum Gasteiger partial charge on any atom is -0.324 e. The molecule has 1 atom stereocenters. The Balaban J connectivity index is 2.42. The number of rotatable bonds is 0. The first-order valence-electron chi connectivity index (χ1n) is 5.60. The standard InChI is InChI=1S/C12H19N3/c1-12(2,3)11-14-7-8-9(13)5-4-6-10(8)15-11/h7,9H,4-6,13H2,1-3H3/t9-/m1/s1. The van der Waals surface area contributed by atoms with E-state index in [9.17, 15) is 0 Å². The van der Waals surface area contributed by atoms with E-state index in [2.05, 4.69) is 30.7 Å². The van der Waals surface area contributed by atoms with E-state index < -0.39 is 0 Å². The molecule has 3 heteroatoms. The molecule has 0 saturated heterocycles. The van der Waals surface area contributed by atoms with Crippen LogP contribution in [0.25, 0.3) is 0 Å². The van der Waals surface area contributed by atoms with E-state index in [1.165, 1.54) is 0 Å². The van der Waals surface area contributed by atoms with Crippen molar-refractivity contribution in [3.8, 4) is 0 Å². The maximum atomic E-state index is 6.03. The van der Waals surface area contributed by atoms with Crippen molar-refractivity contribution >= 4 is 0 Å². The molecule has 1 aliphatic rings. The summed E-state index contributed by atoms with van der Waals surface area (Å²) in [7, 11) is 0. The van der Waals surface area contributed by atoms with Crippen molar-refractivity contribution in [1.29, 1.82) is 0 Å². The van der Waals surface area contributed by atoms with Gasteiger partial charge in [0, 0.05) is 28.9 Å². The number of nitrogens with zero attached hydrogens (tertiary/aromatic N) is 2. The Hall–Kier alpha value is -0.960. The maximum absolute atomic E-state index is 6.03. The van der Waals surface area contributed by atoms with Gasteiger partial charge in [0.25, 0.3) is 0 Å². The highest BCUT2D eigenvalue weighted by Crippen LogP contribution is 2.28. The zero-order valence-corrected chi connectivity index (χ0v) is 9.75. The summed E-state index contributed by atoms with van der Waals surface area (Å²) in [6.45, 7) is 6.41. The highest BCUT2D eigenvalue weighted by Gasteiger charge is 2.23. The van der Waals surface area contributed by atoms with Gasteiger partial charge < -0.3 is 5.73 Å². The highest BCUT2D eigenvalue weighted by molar-refractivity contribution is 5.25. The van der Waals surface area contributed by atoms with Crippen molar-refractivity contribution in [2.75, 3.05) is 0 Å². The van der Waals surface area contributed by atoms with Crippen LogP contribution in [0, 0.1) is 0 Å². The topological polar surface area (TPSA) is 51.8 Å². The number of fused-ring (bicyclic) bond motifs is 1. The van der Waals surface area contributed by atoms with Gasteiger partial charge in [0.2, 0.25) is 0 Å². The average molecular weight is 205 g/mol. The van der Waals surface area contributed by atoms with E-state index in [4.69, 9.17) is 5.73 Å². The molecule has 82 valence electrons. The Bertz CT molecular complexity index is 366. The van der Waals surface area contributed by atoms with E-state index in [0.29, 0.717) is 0 Å². The molecule has 0 aromatic carbocycles. The molecule has 2 N–H and O–H groups in total. The fourth-order valence-electron chi connectivity index (χ4n) is 1.94. The van der Waals surface area contributed by atoms with Crippen LogP contribution in [-0.4, -0.2) is 9.97 Å². The second kappa shape index (κ2) is 3.56. The normalized spacial score (nSPS) is 21.2. The van der Waals surface area contributed by atoms with E-state index in [0.717, 1.165) is 36.3 Å². The second-order valence-corrected chi connectivity index (χ2v) is 5.34. The van der Waals surface area contributed by atoms with Gasteiger partial charge in [-0.15, -0.1) is 0 Å². The van der Waals surface area contributed by atoms with Crippen LogP contribution >= 0.6 is 0 Å². The Labute approximate surface area is 91.1 Å². The van der Waals surface area contributed by atoms with E-state index in [1.54, 1.807) is 0 Å². The minimum absolute atomic E-state index is 0.0244. The Morgan fingerprint density at radius 2 is 2.13 bits per heavy atom. The maximum Gasteiger partial charge on any atom is 0.133 e. The summed E-state index contributed by atoms with van der Waals surface area (Å²) >= 11 is 0. The molecule has 3 nitrogen and oxygen atoms in total. The van der Waals surface area contributed by atoms with Gasteiger partial charge in [-0.1, -0.05) is 20.8 Å². The molecule has 0 radical (unpaired) electrons. The predicted octanol–water partition coefficient (Wildman–Crippen LogP) is 2.11. The summed E-state index contributed by atoms with van der Waals surface area (Å²) in [6.07, 6.45) is 5.18. The van der Waals surface area contributed by atoms with Crippen LogP contribution in [0.4, 0.5) is 0 Å². The number of hydrogen-bond donors (Lipinski definition) is 1. The van der Waals surface area contributed by atoms with Gasteiger partial charge in [-0.3, -0.25) is 0 Å². The largest absolute Gasteiger partial charge is 0.324 e. The zero-order chi connectivity index (χ0) is 11.1. The first kappa shape index (κ1) is 10.6. The van der Waals surface area contributed by atoms with Crippen LogP contribution in [0.5, 0.6) is 0 Å². The highest BCUT2D eigenvalue weighted by atomic mass is 14.9. The molecule has 0 spiro atoms. The van der Waals surface area contributed by atoms with Crippen LogP contribution in [0.15, 0.2) is 6.20 Å². The predicted molar refractivity (Wildman–Crippen MR) is 60.6 cm³/mol. The molecule has 0 amide bonds. The van der Waals surface area contributed by atoms with Crippen molar-refractivity contribution < 1.29 is 0 Å². The smallest absolute Gasteiger partial charge is 0.133 e. The third kappa shape index (κ3) is 2.02. The zero-order valence-electron chi connectivity index (χ0n) is 9.75. The summed E-state index contributed by atoms with van der Waals surface area (Å²) in [5.74, 6) is 0.926. The number of aryl methyl sites for hydroxylation is 1. The van der Waals surface area contributed by atoms with E-state index >= 15 is 0 Å². The monoisotopic (exact) mass is 205 g/mol. The Morgan fingerprint density at radius 1 is 1.40 bits per heavy atom. The van der Waals surface area contributed by atoms with E-state index in [1.807, 2.05) is 6.20 Å². The molecule has 1 aromatic rings. The fourth-order valence-corrected chi connectivity index (χ4v) is 1.94. The quantitative estimate of drug-likeness (QED) is 0.705. The first-order chi connectivity index (χ1) is 6.98. The number of hydrogen-bond acceptors (Lipinski definition) is 3. The third-order valence-electron chi connectivity index (χ3n) is 2.90. The molecule has 15 heavy (non-hydrogen) atoms. The molecule has 0 saturated carbocycles. The fraction of sp³-hybridized carbons (Fsp3) is 0.667. The summed E-state index contributed by atoms with van der Waals surface area (Å²) in [5, 5.41) is 0. The van der Waals surface area contributed by atoms with Gasteiger partial charge in [-0.2, -0.15) is 0 Å². The number of nitrogens with two attached hydrogens (primary N) is 1. The van der Waals surface area contributed by atoms with Crippen molar-refractivity contribution in [2.24, 2.45) is 5.73 Å². The van der Waals surface area contributed by atoms with Crippen LogP contribution < -0.4 is 5.73 Å². The lowest BCUT2D eigenvalue weighted by Gasteiger charge is -2.24. The van der Waals surface area contributed by atoms with Gasteiger partial charge in [-0.25, -0.2) is 9.97 Å². The van der Waals surface area contributed by atoms with E-state index in [-0.39, 0.29) is 11.5 Å². The number of aromatic nitrogens is 2. The molecule has 0 unspecified atom stereocenters. The molecular weight excluding hydrogens is 186 g/mol. The first-order valence-corrected chi connectivity index (χ1v) is 5.60. The Kier molecular flexibility index (Phi) is 2.51. The van der Waals surface area contributed by atoms with Crippen molar-refractivity contribution in [3.05, 3.63) is 23.3 Å². The Morgan fingerprint density at radius 3 is 2.80 bits per heavy atom. The second-order valence-electron chi connectivity index (χ2n) is 5.34. The van der Waals surface area contributed by atoms with Crippen LogP contribution in [0.1, 0.15) is 56.7 Å². The third-order valence-corrected chi connectivity index (χ3v) is 2.90. The molecule has 0 fully saturated rings. The summed E-state index contributed by atoms with van der Waals surface area (Å²) in [4.78, 5) is 9.07. The molecular formula is C12H19N3. The molecule has 1 heterocycles. The van der Waals surface area contributed by atoms with Gasteiger partial charge in [-0.05, 0) is 19.3 Å². The SMILES string of the molecule is CC(C)(C)c1ncc2c(n1)CCC[C@H]2N. The van der Waals surface area contributed by atoms with Crippen LogP contribution in [0.3, 0.4) is 0 Å². The van der Waals surface area contributed by atoms with Crippen molar-refractivity contribution in [3.63, 3.8) is 0 Å². The molecule has 2 rings (SSSR count). The molecule has 0 bridgehead atoms. The lowest BCUT2D eigenvalue weighted by Crippen LogP contribution is -2.23. The molecule has 0 aliphatic heterocycles. The van der Waals surface area contributed by atoms with Crippen LogP contribution in [-0.2, 0) is 11.8 Å².